The minimum absolute atomic E-state index is 0.145. The first-order valence-electron chi connectivity index (χ1n) is 4.32. The molecule has 0 unspecified atom stereocenters. The molecular formula is C11H10BrFO2. The van der Waals surface area contributed by atoms with Crippen molar-refractivity contribution in [3.05, 3.63) is 40.1 Å². The van der Waals surface area contributed by atoms with Crippen molar-refractivity contribution in [2.24, 2.45) is 0 Å². The van der Waals surface area contributed by atoms with E-state index < -0.39 is 0 Å². The van der Waals surface area contributed by atoms with Gasteiger partial charge in [-0.3, -0.25) is 4.79 Å². The van der Waals surface area contributed by atoms with Gasteiger partial charge in [0.25, 0.3) is 0 Å². The fourth-order valence-corrected chi connectivity index (χ4v) is 1.34. The van der Waals surface area contributed by atoms with Crippen LogP contribution in [0.25, 0.3) is 6.08 Å². The van der Waals surface area contributed by atoms with E-state index in [1.54, 1.807) is 24.3 Å². The summed E-state index contributed by atoms with van der Waals surface area (Å²) in [5.74, 6) is -0.672. The predicted molar refractivity (Wildman–Crippen MR) is 59.8 cm³/mol. The first-order chi connectivity index (χ1) is 7.13. The molecule has 0 fully saturated rings. The van der Waals surface area contributed by atoms with E-state index in [0.29, 0.717) is 10.0 Å². The number of ether oxygens (including phenoxy) is 1. The van der Waals surface area contributed by atoms with Gasteiger partial charge in [-0.25, -0.2) is 4.39 Å². The lowest BCUT2D eigenvalue weighted by atomic mass is 10.2. The summed E-state index contributed by atoms with van der Waals surface area (Å²) in [6, 6.07) is 4.74. The maximum absolute atomic E-state index is 13.3. The second kappa shape index (κ2) is 5.66. The first kappa shape index (κ1) is 11.9. The molecular weight excluding hydrogens is 263 g/mol. The summed E-state index contributed by atoms with van der Waals surface area (Å²) in [5.41, 5.74) is 0.446. The predicted octanol–water partition coefficient (Wildman–Crippen LogP) is 3.16. The highest BCUT2D eigenvalue weighted by Gasteiger charge is 1.99. The van der Waals surface area contributed by atoms with Gasteiger partial charge in [0.2, 0.25) is 0 Å². The molecule has 0 aliphatic rings. The van der Waals surface area contributed by atoms with Crippen LogP contribution in [0.4, 0.5) is 4.39 Å². The van der Waals surface area contributed by atoms with Crippen LogP contribution in [0, 0.1) is 5.82 Å². The number of carbonyl (C=O) groups is 1. The fourth-order valence-electron chi connectivity index (χ4n) is 1.00. The molecule has 0 aromatic heterocycles. The molecule has 0 aliphatic carbocycles. The number of esters is 1. The number of benzene rings is 1. The van der Waals surface area contributed by atoms with E-state index in [0.717, 1.165) is 0 Å². The summed E-state index contributed by atoms with van der Waals surface area (Å²) in [6.07, 6.45) is 3.27. The topological polar surface area (TPSA) is 26.3 Å². The Morgan fingerprint density at radius 3 is 2.93 bits per heavy atom. The molecule has 1 aromatic carbocycles. The van der Waals surface area contributed by atoms with E-state index in [4.69, 9.17) is 0 Å². The van der Waals surface area contributed by atoms with Crippen LogP contribution in [-0.4, -0.2) is 13.1 Å². The monoisotopic (exact) mass is 272 g/mol. The van der Waals surface area contributed by atoms with Crippen molar-refractivity contribution in [1.29, 1.82) is 0 Å². The Kier molecular flexibility index (Phi) is 4.49. The number of hydrogen-bond acceptors (Lipinski definition) is 2. The zero-order valence-corrected chi connectivity index (χ0v) is 9.75. The van der Waals surface area contributed by atoms with Crippen LogP contribution < -0.4 is 0 Å². The van der Waals surface area contributed by atoms with Crippen molar-refractivity contribution in [1.82, 2.24) is 0 Å². The van der Waals surface area contributed by atoms with Gasteiger partial charge in [0.05, 0.1) is 13.5 Å². The Morgan fingerprint density at radius 2 is 2.33 bits per heavy atom. The van der Waals surface area contributed by atoms with Crippen molar-refractivity contribution >= 4 is 28.0 Å². The largest absolute Gasteiger partial charge is 0.469 e. The van der Waals surface area contributed by atoms with E-state index in [-0.39, 0.29) is 18.2 Å². The second-order valence-corrected chi connectivity index (χ2v) is 3.76. The van der Waals surface area contributed by atoms with Gasteiger partial charge in [-0.05, 0) is 12.1 Å². The first-order valence-corrected chi connectivity index (χ1v) is 5.11. The summed E-state index contributed by atoms with van der Waals surface area (Å²) in [5, 5.41) is 0. The Bertz CT molecular complexity index is 388. The lowest BCUT2D eigenvalue weighted by molar-refractivity contribution is -0.139. The van der Waals surface area contributed by atoms with Gasteiger partial charge in [-0.2, -0.15) is 0 Å². The summed E-state index contributed by atoms with van der Waals surface area (Å²) in [6.45, 7) is 0. The van der Waals surface area contributed by atoms with Crippen LogP contribution in [0.2, 0.25) is 0 Å². The average molecular weight is 273 g/mol. The summed E-state index contributed by atoms with van der Waals surface area (Å²) >= 11 is 3.16. The van der Waals surface area contributed by atoms with Crippen molar-refractivity contribution in [3.8, 4) is 0 Å². The Morgan fingerprint density at radius 1 is 1.60 bits per heavy atom. The minimum atomic E-state index is -0.344. The van der Waals surface area contributed by atoms with Crippen LogP contribution >= 0.6 is 15.9 Å². The molecule has 0 radical (unpaired) electrons. The molecule has 0 atom stereocenters. The third kappa shape index (κ3) is 3.83. The van der Waals surface area contributed by atoms with E-state index >= 15 is 0 Å². The van der Waals surface area contributed by atoms with E-state index in [2.05, 4.69) is 20.7 Å². The zero-order valence-electron chi connectivity index (χ0n) is 8.17. The van der Waals surface area contributed by atoms with Crippen molar-refractivity contribution in [3.63, 3.8) is 0 Å². The highest BCUT2D eigenvalue weighted by atomic mass is 79.9. The SMILES string of the molecule is COC(=O)CC=Cc1ccc(Br)cc1F. The van der Waals surface area contributed by atoms with Gasteiger partial charge in [0.1, 0.15) is 5.82 Å². The van der Waals surface area contributed by atoms with Crippen LogP contribution in [0.1, 0.15) is 12.0 Å². The molecule has 1 rings (SSSR count). The van der Waals surface area contributed by atoms with Crippen LogP contribution in [-0.2, 0) is 9.53 Å². The Hall–Kier alpha value is -1.16. The molecule has 4 heteroatoms. The van der Waals surface area contributed by atoms with E-state index in [9.17, 15) is 9.18 Å². The van der Waals surface area contributed by atoms with E-state index in [1.165, 1.54) is 13.2 Å². The smallest absolute Gasteiger partial charge is 0.309 e. The molecule has 0 saturated carbocycles. The lowest BCUT2D eigenvalue weighted by Gasteiger charge is -1.97. The molecule has 0 heterocycles. The normalized spacial score (nSPS) is 10.6. The van der Waals surface area contributed by atoms with Gasteiger partial charge in [-0.15, -0.1) is 0 Å². The number of rotatable bonds is 3. The second-order valence-electron chi connectivity index (χ2n) is 2.85. The van der Waals surface area contributed by atoms with E-state index in [1.807, 2.05) is 0 Å². The molecule has 0 saturated heterocycles. The van der Waals surface area contributed by atoms with Crippen molar-refractivity contribution in [2.45, 2.75) is 6.42 Å². The van der Waals surface area contributed by atoms with Gasteiger partial charge < -0.3 is 4.74 Å². The summed E-state index contributed by atoms with van der Waals surface area (Å²) in [7, 11) is 1.32. The molecule has 0 aliphatic heterocycles. The third-order valence-electron chi connectivity index (χ3n) is 1.77. The summed E-state index contributed by atoms with van der Waals surface area (Å²) < 4.78 is 18.4. The van der Waals surface area contributed by atoms with Crippen LogP contribution in [0.15, 0.2) is 28.7 Å². The number of methoxy groups -OCH3 is 1. The highest BCUT2D eigenvalue weighted by molar-refractivity contribution is 9.10. The maximum Gasteiger partial charge on any atom is 0.309 e. The third-order valence-corrected chi connectivity index (χ3v) is 2.27. The van der Waals surface area contributed by atoms with Gasteiger partial charge in [-0.1, -0.05) is 34.1 Å². The molecule has 1 aromatic rings. The summed E-state index contributed by atoms with van der Waals surface area (Å²) in [4.78, 5) is 10.8. The van der Waals surface area contributed by atoms with Gasteiger partial charge in [0, 0.05) is 10.0 Å². The molecule has 0 spiro atoms. The van der Waals surface area contributed by atoms with Crippen LogP contribution in [0.5, 0.6) is 0 Å². The standard InChI is InChI=1S/C11H10BrFO2/c1-15-11(14)4-2-3-8-5-6-9(12)7-10(8)13/h2-3,5-7H,4H2,1H3. The highest BCUT2D eigenvalue weighted by Crippen LogP contribution is 2.16. The molecule has 0 bridgehead atoms. The molecule has 2 nitrogen and oxygen atoms in total. The molecule has 80 valence electrons. The number of hydrogen-bond donors (Lipinski definition) is 0. The van der Waals surface area contributed by atoms with Gasteiger partial charge in [0.15, 0.2) is 0 Å². The van der Waals surface area contributed by atoms with Crippen LogP contribution in [0.3, 0.4) is 0 Å². The quantitative estimate of drug-likeness (QED) is 0.791. The Labute approximate surface area is 95.9 Å². The average Bonchev–Trinajstić information content (AvgIpc) is 2.21. The van der Waals surface area contributed by atoms with Crippen molar-refractivity contribution in [2.75, 3.05) is 7.11 Å². The lowest BCUT2D eigenvalue weighted by Crippen LogP contribution is -1.96. The fraction of sp³-hybridized carbons (Fsp3) is 0.182. The maximum atomic E-state index is 13.3. The Balaban J connectivity index is 2.68. The number of carbonyl (C=O) groups excluding carboxylic acids is 1. The molecule has 0 N–H and O–H groups in total. The van der Waals surface area contributed by atoms with Crippen molar-refractivity contribution < 1.29 is 13.9 Å². The minimum Gasteiger partial charge on any atom is -0.469 e. The molecule has 0 amide bonds. The van der Waals surface area contributed by atoms with Gasteiger partial charge >= 0.3 is 5.97 Å². The zero-order chi connectivity index (χ0) is 11.3. The number of halogens is 2. The molecule has 15 heavy (non-hydrogen) atoms.